The predicted octanol–water partition coefficient (Wildman–Crippen LogP) is 3.53. The van der Waals surface area contributed by atoms with Crippen LogP contribution in [-0.2, 0) is 4.79 Å². The number of thiocarbonyl (C=S) groups is 1. The number of halogens is 1. The van der Waals surface area contributed by atoms with Crippen molar-refractivity contribution in [1.82, 2.24) is 9.80 Å². The number of benzene rings is 1. The second-order valence-corrected chi connectivity index (χ2v) is 8.71. The first-order chi connectivity index (χ1) is 14.4. The average Bonchev–Trinajstić information content (AvgIpc) is 3.23. The lowest BCUT2D eigenvalue weighted by Gasteiger charge is -2.22. The van der Waals surface area contributed by atoms with Crippen LogP contribution in [0.3, 0.4) is 0 Å². The molecule has 2 heterocycles. The fourth-order valence-electron chi connectivity index (χ4n) is 4.22. The Hall–Kier alpha value is -2.35. The molecule has 2 aliphatic heterocycles. The highest BCUT2D eigenvalue weighted by molar-refractivity contribution is 7.81. The first-order valence-corrected chi connectivity index (χ1v) is 10.8. The van der Waals surface area contributed by atoms with Gasteiger partial charge < -0.3 is 10.2 Å². The summed E-state index contributed by atoms with van der Waals surface area (Å²) < 4.78 is 0. The van der Waals surface area contributed by atoms with Crippen LogP contribution >= 0.6 is 23.8 Å². The molecule has 1 aliphatic carbocycles. The summed E-state index contributed by atoms with van der Waals surface area (Å²) in [6.45, 7) is 1.41. The van der Waals surface area contributed by atoms with Crippen molar-refractivity contribution in [2.75, 3.05) is 25.5 Å². The number of imide groups is 1. The number of fused-ring (bicyclic) bond motifs is 1. The van der Waals surface area contributed by atoms with Gasteiger partial charge in [0.2, 0.25) is 0 Å². The van der Waals surface area contributed by atoms with Crippen LogP contribution in [0, 0.1) is 0 Å². The van der Waals surface area contributed by atoms with Gasteiger partial charge in [0, 0.05) is 28.9 Å². The Labute approximate surface area is 185 Å². The molecule has 4 rings (SSSR count). The number of allylic oxidation sites excluding steroid dienone is 3. The third kappa shape index (κ3) is 3.85. The molecule has 1 fully saturated rings. The van der Waals surface area contributed by atoms with Gasteiger partial charge in [-0.2, -0.15) is 0 Å². The van der Waals surface area contributed by atoms with Crippen LogP contribution < -0.4 is 5.32 Å². The molecule has 1 unspecified atom stereocenters. The van der Waals surface area contributed by atoms with Gasteiger partial charge >= 0.3 is 0 Å². The predicted molar refractivity (Wildman–Crippen MR) is 120 cm³/mol. The lowest BCUT2D eigenvalue weighted by atomic mass is 10.0. The zero-order valence-corrected chi connectivity index (χ0v) is 18.2. The minimum Gasteiger partial charge on any atom is -0.321 e. The summed E-state index contributed by atoms with van der Waals surface area (Å²) in [6.07, 6.45) is 6.63. The Morgan fingerprint density at radius 2 is 2.10 bits per heavy atom. The minimum atomic E-state index is -0.439. The van der Waals surface area contributed by atoms with Crippen molar-refractivity contribution in [3.05, 3.63) is 52.1 Å². The van der Waals surface area contributed by atoms with Gasteiger partial charge in [-0.05, 0) is 51.1 Å². The molecule has 3 amide bonds. The molecular formula is C22H22ClN3O3S. The number of rotatable bonds is 5. The highest BCUT2D eigenvalue weighted by Crippen LogP contribution is 2.31. The van der Waals surface area contributed by atoms with Crippen molar-refractivity contribution in [2.45, 2.75) is 31.7 Å². The van der Waals surface area contributed by atoms with Crippen LogP contribution in [0.4, 0.5) is 5.69 Å². The molecule has 8 heteroatoms. The largest absolute Gasteiger partial charge is 0.321 e. The van der Waals surface area contributed by atoms with E-state index in [1.54, 1.807) is 24.3 Å². The summed E-state index contributed by atoms with van der Waals surface area (Å²) in [5.41, 5.74) is 1.16. The molecule has 30 heavy (non-hydrogen) atoms. The van der Waals surface area contributed by atoms with E-state index in [2.05, 4.69) is 17.3 Å². The zero-order chi connectivity index (χ0) is 21.4. The van der Waals surface area contributed by atoms with Crippen molar-refractivity contribution < 1.29 is 14.4 Å². The van der Waals surface area contributed by atoms with Crippen molar-refractivity contribution in [1.29, 1.82) is 0 Å². The fraction of sp³-hybridized carbons (Fsp3) is 0.364. The number of nitrogens with one attached hydrogen (secondary N) is 1. The molecule has 1 aromatic rings. The van der Waals surface area contributed by atoms with E-state index in [1.165, 1.54) is 11.0 Å². The average molecular weight is 444 g/mol. The SMILES string of the molecule is CN1CCCC1CCN1C(=O)c2cccc(NC(=O)C3=CC(Cl)=CCC3=S)c2C1=O. The maximum Gasteiger partial charge on any atom is 0.263 e. The van der Waals surface area contributed by atoms with Gasteiger partial charge in [0.15, 0.2) is 0 Å². The summed E-state index contributed by atoms with van der Waals surface area (Å²) in [5, 5.41) is 3.20. The number of carbonyl (C=O) groups excluding carboxylic acids is 3. The van der Waals surface area contributed by atoms with Gasteiger partial charge in [-0.15, -0.1) is 0 Å². The molecule has 1 N–H and O–H groups in total. The van der Waals surface area contributed by atoms with E-state index in [1.807, 2.05) is 0 Å². The normalized spacial score (nSPS) is 21.6. The summed E-state index contributed by atoms with van der Waals surface area (Å²) in [5.74, 6) is -1.12. The number of nitrogens with zero attached hydrogens (tertiary/aromatic N) is 2. The molecule has 1 saturated heterocycles. The second-order valence-electron chi connectivity index (χ2n) is 7.78. The first-order valence-electron chi connectivity index (χ1n) is 9.98. The van der Waals surface area contributed by atoms with E-state index in [9.17, 15) is 14.4 Å². The summed E-state index contributed by atoms with van der Waals surface area (Å²) in [6, 6.07) is 5.29. The lowest BCUT2D eigenvalue weighted by Crippen LogP contribution is -2.35. The number of anilines is 1. The van der Waals surface area contributed by atoms with Gasteiger partial charge in [0.25, 0.3) is 17.7 Å². The third-order valence-electron chi connectivity index (χ3n) is 5.91. The van der Waals surface area contributed by atoms with Crippen LogP contribution in [0.2, 0.25) is 0 Å². The number of hydrogen-bond donors (Lipinski definition) is 1. The van der Waals surface area contributed by atoms with Gasteiger partial charge in [-0.3, -0.25) is 19.3 Å². The number of carbonyl (C=O) groups is 3. The molecule has 156 valence electrons. The molecular weight excluding hydrogens is 422 g/mol. The van der Waals surface area contributed by atoms with E-state index in [4.69, 9.17) is 23.8 Å². The van der Waals surface area contributed by atoms with E-state index in [0.29, 0.717) is 45.7 Å². The maximum absolute atomic E-state index is 13.1. The van der Waals surface area contributed by atoms with E-state index in [-0.39, 0.29) is 17.4 Å². The Balaban J connectivity index is 1.53. The van der Waals surface area contributed by atoms with Crippen molar-refractivity contribution in [2.24, 2.45) is 0 Å². The second kappa shape index (κ2) is 8.41. The van der Waals surface area contributed by atoms with Crippen LogP contribution in [-0.4, -0.2) is 58.6 Å². The highest BCUT2D eigenvalue weighted by atomic mass is 35.5. The molecule has 0 radical (unpaired) electrons. The van der Waals surface area contributed by atoms with Gasteiger partial charge in [-0.1, -0.05) is 36.0 Å². The molecule has 0 bridgehead atoms. The van der Waals surface area contributed by atoms with Crippen molar-refractivity contribution in [3.8, 4) is 0 Å². The van der Waals surface area contributed by atoms with Gasteiger partial charge in [-0.25, -0.2) is 0 Å². The Morgan fingerprint density at radius 3 is 2.83 bits per heavy atom. The quantitative estimate of drug-likeness (QED) is 0.557. The molecule has 3 aliphatic rings. The topological polar surface area (TPSA) is 69.7 Å². The van der Waals surface area contributed by atoms with Gasteiger partial charge in [0.05, 0.1) is 22.4 Å². The maximum atomic E-state index is 13.1. The van der Waals surface area contributed by atoms with Gasteiger partial charge in [0.1, 0.15) is 0 Å². The van der Waals surface area contributed by atoms with Crippen LogP contribution in [0.1, 0.15) is 46.4 Å². The molecule has 0 aromatic heterocycles. The molecule has 0 saturated carbocycles. The Bertz CT molecular complexity index is 1020. The van der Waals surface area contributed by atoms with Crippen molar-refractivity contribution >= 4 is 52.1 Å². The standard InChI is InChI=1S/C22H22ClN3O3S/c1-25-10-3-4-14(25)9-11-26-21(28)15-5-2-6-17(19(15)22(26)29)24-20(27)16-12-13(23)7-8-18(16)30/h2,5-7,12,14H,3-4,8-11H2,1H3,(H,24,27). The highest BCUT2D eigenvalue weighted by Gasteiger charge is 2.38. The molecule has 6 nitrogen and oxygen atoms in total. The third-order valence-corrected chi connectivity index (χ3v) is 6.56. The lowest BCUT2D eigenvalue weighted by molar-refractivity contribution is -0.112. The van der Waals surface area contributed by atoms with Crippen LogP contribution in [0.25, 0.3) is 0 Å². The molecule has 1 atom stereocenters. The fourth-order valence-corrected chi connectivity index (χ4v) is 4.64. The summed E-state index contributed by atoms with van der Waals surface area (Å²) >= 11 is 11.3. The molecule has 0 spiro atoms. The number of likely N-dealkylation sites (tertiary alicyclic amines) is 1. The minimum absolute atomic E-state index is 0.236. The summed E-state index contributed by atoms with van der Waals surface area (Å²) in [4.78, 5) is 42.7. The van der Waals surface area contributed by atoms with E-state index < -0.39 is 5.91 Å². The van der Waals surface area contributed by atoms with E-state index >= 15 is 0 Å². The number of amides is 3. The monoisotopic (exact) mass is 443 g/mol. The Morgan fingerprint density at radius 1 is 1.30 bits per heavy atom. The molecule has 1 aromatic carbocycles. The smallest absolute Gasteiger partial charge is 0.263 e. The number of hydrogen-bond acceptors (Lipinski definition) is 5. The van der Waals surface area contributed by atoms with Crippen molar-refractivity contribution in [3.63, 3.8) is 0 Å². The Kier molecular flexibility index (Phi) is 5.86. The first kappa shape index (κ1) is 20.9. The van der Waals surface area contributed by atoms with Crippen LogP contribution in [0.15, 0.2) is 41.0 Å². The zero-order valence-electron chi connectivity index (χ0n) is 16.6. The summed E-state index contributed by atoms with van der Waals surface area (Å²) in [7, 11) is 2.07. The van der Waals surface area contributed by atoms with E-state index in [0.717, 1.165) is 25.8 Å². The van der Waals surface area contributed by atoms with Crippen LogP contribution in [0.5, 0.6) is 0 Å².